The molecule has 0 saturated carbocycles. The van der Waals surface area contributed by atoms with Gasteiger partial charge in [0.1, 0.15) is 17.4 Å². The molecule has 1 aromatic heterocycles. The van der Waals surface area contributed by atoms with Crippen molar-refractivity contribution in [2.45, 2.75) is 52.7 Å². The maximum atomic E-state index is 11.6. The summed E-state index contributed by atoms with van der Waals surface area (Å²) in [4.78, 5) is 22.9. The number of carboxylic acid groups (broad SMARTS) is 1. The van der Waals surface area contributed by atoms with Crippen molar-refractivity contribution in [3.8, 4) is 0 Å². The van der Waals surface area contributed by atoms with Crippen LogP contribution in [0.2, 0.25) is 0 Å². The molecule has 112 valence electrons. The lowest BCUT2D eigenvalue weighted by Crippen LogP contribution is -2.44. The molecule has 20 heavy (non-hydrogen) atoms. The van der Waals surface area contributed by atoms with Crippen LogP contribution in [0.3, 0.4) is 0 Å². The number of alkyl carbamates (subject to hydrolysis) is 1. The zero-order valence-electron chi connectivity index (χ0n) is 12.3. The number of aliphatic carboxylic acids is 1. The molecule has 7 nitrogen and oxygen atoms in total. The first kappa shape index (κ1) is 16.0. The van der Waals surface area contributed by atoms with E-state index in [1.54, 1.807) is 34.6 Å². The van der Waals surface area contributed by atoms with Crippen LogP contribution in [0.25, 0.3) is 0 Å². The van der Waals surface area contributed by atoms with Gasteiger partial charge in [-0.1, -0.05) is 5.16 Å². The Labute approximate surface area is 117 Å². The molecule has 1 aromatic rings. The number of amides is 1. The molecule has 0 unspecified atom stereocenters. The fraction of sp³-hybridized carbons (Fsp3) is 0.615. The van der Waals surface area contributed by atoms with Crippen molar-refractivity contribution in [2.24, 2.45) is 0 Å². The maximum Gasteiger partial charge on any atom is 0.408 e. The molecule has 0 fully saturated rings. The first-order chi connectivity index (χ1) is 9.10. The van der Waals surface area contributed by atoms with Crippen molar-refractivity contribution in [2.75, 3.05) is 0 Å². The van der Waals surface area contributed by atoms with Crippen molar-refractivity contribution in [1.82, 2.24) is 10.5 Å². The van der Waals surface area contributed by atoms with Gasteiger partial charge in [0.25, 0.3) is 0 Å². The van der Waals surface area contributed by atoms with Crippen molar-refractivity contribution in [3.05, 3.63) is 17.0 Å². The molecule has 2 N–H and O–H groups in total. The predicted molar refractivity (Wildman–Crippen MR) is 70.5 cm³/mol. The monoisotopic (exact) mass is 284 g/mol. The minimum atomic E-state index is -1.14. The van der Waals surface area contributed by atoms with E-state index in [1.165, 1.54) is 0 Å². The lowest BCUT2D eigenvalue weighted by molar-refractivity contribution is -0.139. The quantitative estimate of drug-likeness (QED) is 0.874. The molecule has 0 radical (unpaired) electrons. The number of carbonyl (C=O) groups excluding carboxylic acids is 1. The van der Waals surface area contributed by atoms with E-state index in [1.807, 2.05) is 0 Å². The Kier molecular flexibility index (Phi) is 4.75. The molecule has 1 atom stereocenters. The molecule has 0 aliphatic rings. The third kappa shape index (κ3) is 4.56. The van der Waals surface area contributed by atoms with Gasteiger partial charge in [-0.05, 0) is 34.6 Å². The highest BCUT2D eigenvalue weighted by Gasteiger charge is 2.26. The maximum absolute atomic E-state index is 11.6. The van der Waals surface area contributed by atoms with Crippen molar-refractivity contribution < 1.29 is 24.0 Å². The SMILES string of the molecule is Cc1noc(C)c1C[C@H](NC(=O)OC(C)(C)C)C(=O)O. The van der Waals surface area contributed by atoms with Crippen LogP contribution in [0, 0.1) is 13.8 Å². The Hall–Kier alpha value is -2.05. The summed E-state index contributed by atoms with van der Waals surface area (Å²) in [6, 6.07) is -1.10. The number of hydrogen-bond donors (Lipinski definition) is 2. The van der Waals surface area contributed by atoms with Gasteiger partial charge in [-0.2, -0.15) is 0 Å². The average Bonchev–Trinajstić information content (AvgIpc) is 2.56. The molecule has 7 heteroatoms. The summed E-state index contributed by atoms with van der Waals surface area (Å²) in [5.74, 6) is -0.601. The molecule has 1 amide bonds. The fourth-order valence-corrected chi connectivity index (χ4v) is 1.65. The molecule has 0 saturated heterocycles. The number of ether oxygens (including phenoxy) is 1. The second-order valence-corrected chi connectivity index (χ2v) is 5.54. The van der Waals surface area contributed by atoms with Crippen LogP contribution in [0.5, 0.6) is 0 Å². The summed E-state index contributed by atoms with van der Waals surface area (Å²) in [7, 11) is 0. The van der Waals surface area contributed by atoms with Gasteiger partial charge in [0, 0.05) is 12.0 Å². The largest absolute Gasteiger partial charge is 0.480 e. The van der Waals surface area contributed by atoms with E-state index in [2.05, 4.69) is 10.5 Å². The lowest BCUT2D eigenvalue weighted by atomic mass is 10.0. The highest BCUT2D eigenvalue weighted by atomic mass is 16.6. The molecule has 0 spiro atoms. The lowest BCUT2D eigenvalue weighted by Gasteiger charge is -2.22. The molecule has 1 rings (SSSR count). The minimum Gasteiger partial charge on any atom is -0.480 e. The van der Waals surface area contributed by atoms with Crippen LogP contribution in [-0.4, -0.2) is 34.0 Å². The first-order valence-corrected chi connectivity index (χ1v) is 6.24. The van der Waals surface area contributed by atoms with E-state index >= 15 is 0 Å². The smallest absolute Gasteiger partial charge is 0.408 e. The highest BCUT2D eigenvalue weighted by molar-refractivity contribution is 5.80. The van der Waals surface area contributed by atoms with Gasteiger partial charge in [0.05, 0.1) is 5.69 Å². The van der Waals surface area contributed by atoms with E-state index in [0.717, 1.165) is 0 Å². The zero-order valence-corrected chi connectivity index (χ0v) is 12.3. The number of rotatable bonds is 4. The second kappa shape index (κ2) is 5.94. The molecule has 0 aliphatic heterocycles. The average molecular weight is 284 g/mol. The Balaban J connectivity index is 2.76. The summed E-state index contributed by atoms with van der Waals surface area (Å²) in [5.41, 5.74) is 0.601. The third-order valence-corrected chi connectivity index (χ3v) is 2.58. The number of aryl methyl sites for hydroxylation is 2. The predicted octanol–water partition coefficient (Wildman–Crippen LogP) is 1.81. The number of hydrogen-bond acceptors (Lipinski definition) is 5. The number of nitrogens with zero attached hydrogens (tertiary/aromatic N) is 1. The summed E-state index contributed by atoms with van der Waals surface area (Å²) < 4.78 is 10.0. The molecule has 0 aromatic carbocycles. The fourth-order valence-electron chi connectivity index (χ4n) is 1.65. The van der Waals surface area contributed by atoms with Crippen molar-refractivity contribution in [1.29, 1.82) is 0 Å². The van der Waals surface area contributed by atoms with Crippen LogP contribution < -0.4 is 5.32 Å². The summed E-state index contributed by atoms with van der Waals surface area (Å²) in [6.45, 7) is 8.53. The molecule has 1 heterocycles. The normalized spacial score (nSPS) is 12.8. The highest BCUT2D eigenvalue weighted by Crippen LogP contribution is 2.15. The molecular formula is C13H20N2O5. The topological polar surface area (TPSA) is 102 Å². The third-order valence-electron chi connectivity index (χ3n) is 2.58. The molecule has 0 aliphatic carbocycles. The van der Waals surface area contributed by atoms with E-state index < -0.39 is 23.7 Å². The first-order valence-electron chi connectivity index (χ1n) is 6.24. The van der Waals surface area contributed by atoms with Crippen LogP contribution in [0.1, 0.15) is 37.8 Å². The van der Waals surface area contributed by atoms with Gasteiger partial charge >= 0.3 is 12.1 Å². The summed E-state index contributed by atoms with van der Waals surface area (Å²) in [5, 5.41) is 15.3. The van der Waals surface area contributed by atoms with Crippen molar-refractivity contribution >= 4 is 12.1 Å². The van der Waals surface area contributed by atoms with Gasteiger partial charge in [0.15, 0.2) is 0 Å². The zero-order chi connectivity index (χ0) is 15.5. The summed E-state index contributed by atoms with van der Waals surface area (Å²) in [6.07, 6.45) is -0.674. The van der Waals surface area contributed by atoms with Gasteiger partial charge in [-0.15, -0.1) is 0 Å². The second-order valence-electron chi connectivity index (χ2n) is 5.54. The summed E-state index contributed by atoms with van der Waals surface area (Å²) >= 11 is 0. The number of carboxylic acids is 1. The number of nitrogens with one attached hydrogen (secondary N) is 1. The Morgan fingerprint density at radius 1 is 1.40 bits per heavy atom. The molecular weight excluding hydrogens is 264 g/mol. The minimum absolute atomic E-state index is 0.0930. The Morgan fingerprint density at radius 2 is 2.00 bits per heavy atom. The Bertz CT molecular complexity index is 482. The van der Waals surface area contributed by atoms with Gasteiger partial charge < -0.3 is 19.7 Å². The van der Waals surface area contributed by atoms with Crippen LogP contribution in [0.15, 0.2) is 4.52 Å². The van der Waals surface area contributed by atoms with E-state index in [9.17, 15) is 14.7 Å². The van der Waals surface area contributed by atoms with Crippen LogP contribution in [0.4, 0.5) is 4.79 Å². The van der Waals surface area contributed by atoms with Gasteiger partial charge in [0.2, 0.25) is 0 Å². The van der Waals surface area contributed by atoms with Crippen molar-refractivity contribution in [3.63, 3.8) is 0 Å². The van der Waals surface area contributed by atoms with E-state index in [0.29, 0.717) is 17.0 Å². The standard InChI is InChI=1S/C13H20N2O5/c1-7-9(8(2)20-15-7)6-10(11(16)17)14-12(18)19-13(3,4)5/h10H,6H2,1-5H3,(H,14,18)(H,16,17)/t10-/m0/s1. The number of carbonyl (C=O) groups is 2. The molecule has 0 bridgehead atoms. The number of aromatic nitrogens is 1. The van der Waals surface area contributed by atoms with Crippen LogP contribution >= 0.6 is 0 Å². The van der Waals surface area contributed by atoms with E-state index in [4.69, 9.17) is 9.26 Å². The van der Waals surface area contributed by atoms with Crippen LogP contribution in [-0.2, 0) is 16.0 Å². The van der Waals surface area contributed by atoms with Gasteiger partial charge in [-0.25, -0.2) is 9.59 Å². The Morgan fingerprint density at radius 3 is 2.40 bits per heavy atom. The van der Waals surface area contributed by atoms with E-state index in [-0.39, 0.29) is 6.42 Å². The van der Waals surface area contributed by atoms with Gasteiger partial charge in [-0.3, -0.25) is 0 Å².